The molecule has 5 nitrogen and oxygen atoms in total. The standard InChI is InChI=1S/C10H12F3IN2O3/c1-15(2)4-6-8(18)7(17)3-5(16(6)14)9(19)10(11,12)13/h3,9,18-19H,4H2,1-2H3. The second kappa shape index (κ2) is 5.67. The van der Waals surface area contributed by atoms with Gasteiger partial charge in [0.25, 0.3) is 0 Å². The summed E-state index contributed by atoms with van der Waals surface area (Å²) in [6.45, 7) is 0.0580. The van der Waals surface area contributed by atoms with Gasteiger partial charge in [-0.3, -0.25) is 7.58 Å². The van der Waals surface area contributed by atoms with Gasteiger partial charge >= 0.3 is 6.18 Å². The van der Waals surface area contributed by atoms with Gasteiger partial charge in [-0.05, 0) is 14.1 Å². The van der Waals surface area contributed by atoms with Crippen molar-refractivity contribution in [1.82, 2.24) is 7.68 Å². The van der Waals surface area contributed by atoms with Crippen molar-refractivity contribution in [2.24, 2.45) is 0 Å². The molecule has 0 aliphatic carbocycles. The fourth-order valence-corrected chi connectivity index (χ4v) is 2.22. The second-order valence-corrected chi connectivity index (χ2v) is 5.16. The topological polar surface area (TPSA) is 65.7 Å². The highest BCUT2D eigenvalue weighted by Crippen LogP contribution is 2.34. The van der Waals surface area contributed by atoms with Crippen LogP contribution in [-0.2, 0) is 6.54 Å². The third kappa shape index (κ3) is 3.60. The first-order valence-electron chi connectivity index (χ1n) is 5.09. The van der Waals surface area contributed by atoms with Gasteiger partial charge < -0.3 is 15.1 Å². The maximum Gasteiger partial charge on any atom is 0.420 e. The number of aliphatic hydroxyl groups excluding tert-OH is 1. The number of hydrogen-bond acceptors (Lipinski definition) is 4. The highest BCUT2D eigenvalue weighted by molar-refractivity contribution is 14.1. The summed E-state index contributed by atoms with van der Waals surface area (Å²) in [6.07, 6.45) is -7.66. The quantitative estimate of drug-likeness (QED) is 0.764. The first-order chi connectivity index (χ1) is 8.55. The first-order valence-corrected chi connectivity index (χ1v) is 6.05. The molecule has 0 aliphatic heterocycles. The van der Waals surface area contributed by atoms with Gasteiger partial charge in [0.05, 0.1) is 34.3 Å². The Morgan fingerprint density at radius 1 is 1.47 bits per heavy atom. The molecule has 0 bridgehead atoms. The number of nitrogens with zero attached hydrogens (tertiary/aromatic N) is 2. The summed E-state index contributed by atoms with van der Waals surface area (Å²) in [5.41, 5.74) is -1.58. The number of pyridine rings is 1. The number of aromatic nitrogens is 1. The van der Waals surface area contributed by atoms with E-state index in [0.717, 1.165) is 2.78 Å². The smallest absolute Gasteiger partial charge is 0.420 e. The molecule has 2 N–H and O–H groups in total. The SMILES string of the molecule is CN(C)Cc1c(O)c(=O)cc(C(O)C(F)(F)F)n1I. The van der Waals surface area contributed by atoms with E-state index in [9.17, 15) is 28.2 Å². The van der Waals surface area contributed by atoms with Crippen LogP contribution >= 0.6 is 22.9 Å². The number of rotatable bonds is 3. The number of hydrogen-bond donors (Lipinski definition) is 2. The predicted molar refractivity (Wildman–Crippen MR) is 70.2 cm³/mol. The van der Waals surface area contributed by atoms with Crippen molar-refractivity contribution in [1.29, 1.82) is 0 Å². The van der Waals surface area contributed by atoms with E-state index < -0.39 is 29.2 Å². The average Bonchev–Trinajstić information content (AvgIpc) is 2.27. The normalized spacial score (nSPS) is 13.9. The molecule has 9 heteroatoms. The van der Waals surface area contributed by atoms with Crippen LogP contribution < -0.4 is 5.43 Å². The molecule has 0 radical (unpaired) electrons. The van der Waals surface area contributed by atoms with Crippen LogP contribution in [0.1, 0.15) is 17.5 Å². The summed E-state index contributed by atoms with van der Waals surface area (Å²) in [5.74, 6) is -0.624. The summed E-state index contributed by atoms with van der Waals surface area (Å²) in [7, 11) is 3.26. The van der Waals surface area contributed by atoms with Crippen molar-refractivity contribution in [2.75, 3.05) is 14.1 Å². The third-order valence-electron chi connectivity index (χ3n) is 2.31. The van der Waals surface area contributed by atoms with Gasteiger partial charge in [0.2, 0.25) is 5.43 Å². The first kappa shape index (κ1) is 16.2. The predicted octanol–water partition coefficient (Wildman–Crippen LogP) is 1.41. The van der Waals surface area contributed by atoms with E-state index in [1.807, 2.05) is 0 Å². The van der Waals surface area contributed by atoms with Crippen LogP contribution in [0.4, 0.5) is 13.2 Å². The van der Waals surface area contributed by atoms with E-state index in [1.165, 1.54) is 22.9 Å². The molecule has 0 aliphatic rings. The van der Waals surface area contributed by atoms with Crippen LogP contribution in [0, 0.1) is 0 Å². The van der Waals surface area contributed by atoms with Crippen molar-refractivity contribution in [3.8, 4) is 5.75 Å². The molecule has 1 heterocycles. The molecule has 0 amide bonds. The third-order valence-corrected chi connectivity index (χ3v) is 3.44. The van der Waals surface area contributed by atoms with Gasteiger partial charge in [-0.25, -0.2) is 0 Å². The van der Waals surface area contributed by atoms with Gasteiger partial charge in [-0.15, -0.1) is 0 Å². The van der Waals surface area contributed by atoms with Crippen LogP contribution in [0.5, 0.6) is 5.75 Å². The van der Waals surface area contributed by atoms with Crippen molar-refractivity contribution < 1.29 is 23.4 Å². The van der Waals surface area contributed by atoms with Crippen molar-refractivity contribution in [3.05, 3.63) is 27.7 Å². The van der Waals surface area contributed by atoms with Crippen molar-refractivity contribution in [3.63, 3.8) is 0 Å². The zero-order valence-corrected chi connectivity index (χ0v) is 12.2. The van der Waals surface area contributed by atoms with Gasteiger partial charge in [-0.2, -0.15) is 13.2 Å². The molecule has 108 valence electrons. The Bertz CT molecular complexity index is 528. The van der Waals surface area contributed by atoms with Gasteiger partial charge in [-0.1, -0.05) is 0 Å². The van der Waals surface area contributed by atoms with Crippen LogP contribution in [0.3, 0.4) is 0 Å². The largest absolute Gasteiger partial charge is 0.503 e. The van der Waals surface area contributed by atoms with E-state index in [0.29, 0.717) is 6.07 Å². The summed E-state index contributed by atoms with van der Waals surface area (Å²) in [6, 6.07) is 0.582. The lowest BCUT2D eigenvalue weighted by Crippen LogP contribution is -2.26. The van der Waals surface area contributed by atoms with Crippen molar-refractivity contribution >= 4 is 22.9 Å². The molecule has 0 saturated carbocycles. The highest BCUT2D eigenvalue weighted by atomic mass is 127. The van der Waals surface area contributed by atoms with Crippen LogP contribution in [-0.4, -0.2) is 38.2 Å². The number of aliphatic hydroxyl groups is 1. The molecule has 1 aromatic heterocycles. The molecule has 0 saturated heterocycles. The Morgan fingerprint density at radius 2 is 2.00 bits per heavy atom. The molecule has 1 rings (SSSR count). The Hall–Kier alpha value is -0.810. The van der Waals surface area contributed by atoms with E-state index in [1.54, 1.807) is 19.0 Å². The van der Waals surface area contributed by atoms with Crippen LogP contribution in [0.25, 0.3) is 0 Å². The molecule has 0 spiro atoms. The Balaban J connectivity index is 3.44. The van der Waals surface area contributed by atoms with Gasteiger partial charge in [0.15, 0.2) is 11.9 Å². The lowest BCUT2D eigenvalue weighted by Gasteiger charge is -2.21. The zero-order chi connectivity index (χ0) is 15.0. The molecular formula is C10H12F3IN2O3. The lowest BCUT2D eigenvalue weighted by molar-refractivity contribution is -0.208. The van der Waals surface area contributed by atoms with E-state index in [2.05, 4.69) is 0 Å². The average molecular weight is 392 g/mol. The molecule has 0 fully saturated rings. The maximum atomic E-state index is 12.5. The van der Waals surface area contributed by atoms with E-state index in [-0.39, 0.29) is 12.2 Å². The van der Waals surface area contributed by atoms with Crippen LogP contribution in [0.2, 0.25) is 0 Å². The number of aromatic hydroxyl groups is 1. The summed E-state index contributed by atoms with van der Waals surface area (Å²) in [5, 5.41) is 18.8. The lowest BCUT2D eigenvalue weighted by atomic mass is 10.2. The van der Waals surface area contributed by atoms with Crippen LogP contribution in [0.15, 0.2) is 10.9 Å². The fourth-order valence-electron chi connectivity index (χ4n) is 1.44. The molecule has 1 aromatic rings. The Labute approximate surface area is 120 Å². The second-order valence-electron chi connectivity index (χ2n) is 4.19. The maximum absolute atomic E-state index is 12.5. The summed E-state index contributed by atoms with van der Waals surface area (Å²) < 4.78 is 38.5. The molecular weight excluding hydrogens is 380 g/mol. The number of halogens is 4. The van der Waals surface area contributed by atoms with Crippen molar-refractivity contribution in [2.45, 2.75) is 18.8 Å². The Kier molecular flexibility index (Phi) is 4.85. The van der Waals surface area contributed by atoms with E-state index >= 15 is 0 Å². The minimum atomic E-state index is -4.88. The Morgan fingerprint density at radius 3 is 2.42 bits per heavy atom. The minimum absolute atomic E-state index is 0.00333. The van der Waals surface area contributed by atoms with E-state index in [4.69, 9.17) is 0 Å². The molecule has 1 unspecified atom stereocenters. The summed E-state index contributed by atoms with van der Waals surface area (Å²) in [4.78, 5) is 13.0. The molecule has 19 heavy (non-hydrogen) atoms. The summed E-state index contributed by atoms with van der Waals surface area (Å²) >= 11 is 1.50. The van der Waals surface area contributed by atoms with Gasteiger partial charge in [0, 0.05) is 12.6 Å². The zero-order valence-electron chi connectivity index (χ0n) is 10.1. The molecule has 1 atom stereocenters. The molecule has 0 aromatic carbocycles. The monoisotopic (exact) mass is 392 g/mol. The fraction of sp³-hybridized carbons (Fsp3) is 0.500. The highest BCUT2D eigenvalue weighted by Gasteiger charge is 2.41. The minimum Gasteiger partial charge on any atom is -0.503 e. The number of alkyl halides is 3. The van der Waals surface area contributed by atoms with Gasteiger partial charge in [0.1, 0.15) is 0 Å².